The summed E-state index contributed by atoms with van der Waals surface area (Å²) in [5, 5.41) is 5.19. The molecule has 138 valence electrons. The predicted molar refractivity (Wildman–Crippen MR) is 105 cm³/mol. The molecule has 2 aromatic rings. The molecule has 0 aliphatic rings. The summed E-state index contributed by atoms with van der Waals surface area (Å²) in [7, 11) is -3.53. The quantitative estimate of drug-likeness (QED) is 0.642. The van der Waals surface area contributed by atoms with Crippen LogP contribution in [-0.4, -0.2) is 33.0 Å². The molecule has 9 heteroatoms. The van der Waals surface area contributed by atoms with Gasteiger partial charge in [-0.2, -0.15) is 0 Å². The highest BCUT2D eigenvalue weighted by molar-refractivity contribution is 9.10. The van der Waals surface area contributed by atoms with Crippen LogP contribution in [0.25, 0.3) is 0 Å². The standard InChI is InChI=1S/C17H18BrN3O4S/c1-11-9-12(18)7-8-14(11)20-16(22)10-19-17(23)13-5-3-4-6-15(13)21-26(2,24)25/h3-9,21H,10H2,1-2H3,(H,19,23)(H,20,22). The molecule has 0 spiro atoms. The van der Waals surface area contributed by atoms with Gasteiger partial charge in [0.05, 0.1) is 24.1 Å². The zero-order valence-electron chi connectivity index (χ0n) is 14.2. The summed E-state index contributed by atoms with van der Waals surface area (Å²) < 4.78 is 26.0. The van der Waals surface area contributed by atoms with Gasteiger partial charge in [-0.3, -0.25) is 14.3 Å². The first-order valence-electron chi connectivity index (χ1n) is 7.57. The topological polar surface area (TPSA) is 104 Å². The van der Waals surface area contributed by atoms with Crippen LogP contribution in [0.5, 0.6) is 0 Å². The number of hydrogen-bond donors (Lipinski definition) is 3. The minimum atomic E-state index is -3.53. The van der Waals surface area contributed by atoms with Gasteiger partial charge in [-0.15, -0.1) is 0 Å². The molecule has 7 nitrogen and oxygen atoms in total. The molecule has 3 N–H and O–H groups in total. The van der Waals surface area contributed by atoms with Crippen molar-refractivity contribution in [3.8, 4) is 0 Å². The Bertz CT molecular complexity index is 945. The zero-order chi connectivity index (χ0) is 19.3. The van der Waals surface area contributed by atoms with E-state index in [0.29, 0.717) is 5.69 Å². The molecular formula is C17H18BrN3O4S. The molecule has 0 unspecified atom stereocenters. The van der Waals surface area contributed by atoms with E-state index in [4.69, 9.17) is 0 Å². The Hall–Kier alpha value is -2.39. The molecule has 26 heavy (non-hydrogen) atoms. The maximum Gasteiger partial charge on any atom is 0.253 e. The molecule has 2 aromatic carbocycles. The maximum atomic E-state index is 12.3. The fourth-order valence-corrected chi connectivity index (χ4v) is 3.24. The maximum absolute atomic E-state index is 12.3. The average molecular weight is 440 g/mol. The number of carbonyl (C=O) groups excluding carboxylic acids is 2. The normalized spacial score (nSPS) is 10.9. The summed E-state index contributed by atoms with van der Waals surface area (Å²) in [4.78, 5) is 24.3. The van der Waals surface area contributed by atoms with Crippen molar-refractivity contribution in [3.63, 3.8) is 0 Å². The molecule has 0 radical (unpaired) electrons. The van der Waals surface area contributed by atoms with E-state index >= 15 is 0 Å². The second-order valence-corrected chi connectivity index (χ2v) is 8.27. The van der Waals surface area contributed by atoms with Crippen molar-refractivity contribution in [1.29, 1.82) is 0 Å². The number of halogens is 1. The fraction of sp³-hybridized carbons (Fsp3) is 0.176. The highest BCUT2D eigenvalue weighted by Crippen LogP contribution is 2.20. The van der Waals surface area contributed by atoms with Crippen molar-refractivity contribution in [3.05, 3.63) is 58.1 Å². The molecule has 0 aromatic heterocycles. The van der Waals surface area contributed by atoms with Crippen molar-refractivity contribution >= 4 is 49.1 Å². The van der Waals surface area contributed by atoms with Crippen molar-refractivity contribution in [2.75, 3.05) is 22.8 Å². The van der Waals surface area contributed by atoms with Crippen LogP contribution >= 0.6 is 15.9 Å². The number of rotatable bonds is 6. The van der Waals surface area contributed by atoms with Gasteiger partial charge >= 0.3 is 0 Å². The van der Waals surface area contributed by atoms with Gasteiger partial charge in [0.25, 0.3) is 5.91 Å². The third-order valence-corrected chi connectivity index (χ3v) is 4.42. The second-order valence-electron chi connectivity index (χ2n) is 5.61. The van der Waals surface area contributed by atoms with Gasteiger partial charge in [-0.25, -0.2) is 8.42 Å². The van der Waals surface area contributed by atoms with E-state index in [9.17, 15) is 18.0 Å². The van der Waals surface area contributed by atoms with E-state index in [1.165, 1.54) is 12.1 Å². The minimum absolute atomic E-state index is 0.130. The number of aryl methyl sites for hydroxylation is 1. The van der Waals surface area contributed by atoms with Crippen molar-refractivity contribution < 1.29 is 18.0 Å². The largest absolute Gasteiger partial charge is 0.343 e. The lowest BCUT2D eigenvalue weighted by molar-refractivity contribution is -0.115. The Morgan fingerprint density at radius 2 is 1.77 bits per heavy atom. The Balaban J connectivity index is 2.01. The molecule has 0 bridgehead atoms. The molecular weight excluding hydrogens is 422 g/mol. The third kappa shape index (κ3) is 5.85. The molecule has 0 aliphatic carbocycles. The molecule has 0 aliphatic heterocycles. The summed E-state index contributed by atoms with van der Waals surface area (Å²) in [6.45, 7) is 1.60. The smallest absolute Gasteiger partial charge is 0.253 e. The van der Waals surface area contributed by atoms with E-state index in [0.717, 1.165) is 16.3 Å². The van der Waals surface area contributed by atoms with Crippen molar-refractivity contribution in [2.45, 2.75) is 6.92 Å². The van der Waals surface area contributed by atoms with Crippen LogP contribution in [0.15, 0.2) is 46.9 Å². The minimum Gasteiger partial charge on any atom is -0.343 e. The lowest BCUT2D eigenvalue weighted by Gasteiger charge is -2.12. The van der Waals surface area contributed by atoms with Crippen LogP contribution in [0.1, 0.15) is 15.9 Å². The molecule has 0 saturated carbocycles. The predicted octanol–water partition coefficient (Wildman–Crippen LogP) is 2.50. The first-order chi connectivity index (χ1) is 12.2. The van der Waals surface area contributed by atoms with E-state index < -0.39 is 21.8 Å². The SMILES string of the molecule is Cc1cc(Br)ccc1NC(=O)CNC(=O)c1ccccc1NS(C)(=O)=O. The van der Waals surface area contributed by atoms with E-state index in [2.05, 4.69) is 31.3 Å². The van der Waals surface area contributed by atoms with Gasteiger partial charge in [0, 0.05) is 10.2 Å². The van der Waals surface area contributed by atoms with Crippen LogP contribution in [0, 0.1) is 6.92 Å². The number of benzene rings is 2. The van der Waals surface area contributed by atoms with Gasteiger partial charge in [-0.1, -0.05) is 28.1 Å². The number of nitrogens with one attached hydrogen (secondary N) is 3. The van der Waals surface area contributed by atoms with Gasteiger partial charge in [0.2, 0.25) is 15.9 Å². The van der Waals surface area contributed by atoms with Crippen molar-refractivity contribution in [2.24, 2.45) is 0 Å². The van der Waals surface area contributed by atoms with E-state index in [1.807, 2.05) is 13.0 Å². The van der Waals surface area contributed by atoms with Crippen LogP contribution in [-0.2, 0) is 14.8 Å². The average Bonchev–Trinajstić information content (AvgIpc) is 2.54. The van der Waals surface area contributed by atoms with E-state index in [-0.39, 0.29) is 17.8 Å². The summed E-state index contributed by atoms with van der Waals surface area (Å²) >= 11 is 3.35. The number of carbonyl (C=O) groups is 2. The second kappa shape index (κ2) is 8.33. The Labute approximate surface area is 160 Å². The monoisotopic (exact) mass is 439 g/mol. The lowest BCUT2D eigenvalue weighted by atomic mass is 10.1. The van der Waals surface area contributed by atoms with Crippen LogP contribution in [0.2, 0.25) is 0 Å². The Kier molecular flexibility index (Phi) is 6.38. The number of para-hydroxylation sites is 1. The third-order valence-electron chi connectivity index (χ3n) is 3.34. The Morgan fingerprint density at radius 3 is 2.42 bits per heavy atom. The summed E-state index contributed by atoms with van der Waals surface area (Å²) in [6, 6.07) is 11.6. The van der Waals surface area contributed by atoms with E-state index in [1.54, 1.807) is 24.3 Å². The van der Waals surface area contributed by atoms with Crippen molar-refractivity contribution in [1.82, 2.24) is 5.32 Å². The number of sulfonamides is 1. The molecule has 2 amide bonds. The molecule has 0 heterocycles. The molecule has 0 atom stereocenters. The number of anilines is 2. The van der Waals surface area contributed by atoms with Gasteiger partial charge in [0.15, 0.2) is 0 Å². The zero-order valence-corrected chi connectivity index (χ0v) is 16.6. The number of amides is 2. The van der Waals surface area contributed by atoms with Crippen LogP contribution in [0.3, 0.4) is 0 Å². The van der Waals surface area contributed by atoms with Crippen LogP contribution in [0.4, 0.5) is 11.4 Å². The lowest BCUT2D eigenvalue weighted by Crippen LogP contribution is -2.33. The Morgan fingerprint density at radius 1 is 1.08 bits per heavy atom. The fourth-order valence-electron chi connectivity index (χ4n) is 2.19. The van der Waals surface area contributed by atoms with Gasteiger partial charge in [0.1, 0.15) is 0 Å². The highest BCUT2D eigenvalue weighted by Gasteiger charge is 2.14. The first-order valence-corrected chi connectivity index (χ1v) is 10.2. The van der Waals surface area contributed by atoms with Crippen LogP contribution < -0.4 is 15.4 Å². The van der Waals surface area contributed by atoms with Gasteiger partial charge < -0.3 is 10.6 Å². The highest BCUT2D eigenvalue weighted by atomic mass is 79.9. The van der Waals surface area contributed by atoms with Gasteiger partial charge in [-0.05, 0) is 42.8 Å². The molecule has 0 fully saturated rings. The number of hydrogen-bond acceptors (Lipinski definition) is 4. The molecule has 2 rings (SSSR count). The first kappa shape index (κ1) is 19.9. The molecule has 0 saturated heterocycles. The summed E-state index contributed by atoms with van der Waals surface area (Å²) in [6.07, 6.45) is 0.996. The summed E-state index contributed by atoms with van der Waals surface area (Å²) in [5.41, 5.74) is 1.80. The summed E-state index contributed by atoms with van der Waals surface area (Å²) in [5.74, 6) is -0.947.